The number of rotatable bonds is 11. The third-order valence-electron chi connectivity index (χ3n) is 5.50. The number of benzene rings is 3. The first-order valence-electron chi connectivity index (χ1n) is 11.7. The second kappa shape index (κ2) is 11.5. The zero-order valence-corrected chi connectivity index (χ0v) is 21.3. The molecular formula is C27H29FN3O4P. The van der Waals surface area contributed by atoms with Gasteiger partial charge in [-0.15, -0.1) is 0 Å². The summed E-state index contributed by atoms with van der Waals surface area (Å²) >= 11 is 0. The van der Waals surface area contributed by atoms with Crippen molar-refractivity contribution in [1.82, 2.24) is 9.78 Å². The number of anilines is 1. The molecule has 0 fully saturated rings. The predicted octanol–water partition coefficient (Wildman–Crippen LogP) is 7.06. The number of halogens is 1. The highest BCUT2D eigenvalue weighted by Gasteiger charge is 2.40. The number of aromatic nitrogens is 2. The van der Waals surface area contributed by atoms with Crippen molar-refractivity contribution in [3.05, 3.63) is 96.4 Å². The first-order valence-corrected chi connectivity index (χ1v) is 13.3. The molecule has 3 aromatic carbocycles. The van der Waals surface area contributed by atoms with Crippen molar-refractivity contribution in [1.29, 1.82) is 0 Å². The Kier molecular flexibility index (Phi) is 8.21. The Morgan fingerprint density at radius 2 is 1.58 bits per heavy atom. The Labute approximate surface area is 210 Å². The number of para-hydroxylation sites is 1. The highest BCUT2D eigenvalue weighted by atomic mass is 31.2. The molecule has 1 heterocycles. The molecule has 0 amide bonds. The molecule has 0 spiro atoms. The van der Waals surface area contributed by atoms with E-state index in [0.29, 0.717) is 22.7 Å². The topological polar surface area (TPSA) is 74.6 Å². The van der Waals surface area contributed by atoms with Crippen LogP contribution in [0.25, 0.3) is 16.9 Å². The van der Waals surface area contributed by atoms with Crippen LogP contribution in [-0.2, 0) is 13.6 Å². The Hall–Kier alpha value is -3.45. The molecule has 9 heteroatoms. The van der Waals surface area contributed by atoms with Gasteiger partial charge in [-0.05, 0) is 74.5 Å². The average molecular weight is 510 g/mol. The molecule has 0 radical (unpaired) electrons. The third kappa shape index (κ3) is 5.68. The van der Waals surface area contributed by atoms with E-state index in [0.717, 1.165) is 11.3 Å². The van der Waals surface area contributed by atoms with Gasteiger partial charge >= 0.3 is 7.60 Å². The first kappa shape index (κ1) is 25.6. The van der Waals surface area contributed by atoms with E-state index < -0.39 is 13.4 Å². The highest BCUT2D eigenvalue weighted by molar-refractivity contribution is 7.54. The fourth-order valence-corrected chi connectivity index (χ4v) is 5.78. The van der Waals surface area contributed by atoms with E-state index in [9.17, 15) is 8.96 Å². The first-order chi connectivity index (χ1) is 17.5. The summed E-state index contributed by atoms with van der Waals surface area (Å²) in [5, 5.41) is 8.13. The van der Waals surface area contributed by atoms with E-state index in [1.807, 2.05) is 60.8 Å². The number of nitrogens with one attached hydrogen (secondary N) is 1. The van der Waals surface area contributed by atoms with Crippen LogP contribution in [0.3, 0.4) is 0 Å². The van der Waals surface area contributed by atoms with E-state index in [1.54, 1.807) is 37.8 Å². The zero-order chi connectivity index (χ0) is 25.5. The smallest absolute Gasteiger partial charge is 0.357 e. The number of hydrogen-bond donors (Lipinski definition) is 1. The maximum absolute atomic E-state index is 14.2. The molecule has 36 heavy (non-hydrogen) atoms. The lowest BCUT2D eigenvalue weighted by atomic mass is 10.1. The minimum atomic E-state index is -3.75. The summed E-state index contributed by atoms with van der Waals surface area (Å²) in [5.41, 5.74) is 3.40. The van der Waals surface area contributed by atoms with Gasteiger partial charge in [0.2, 0.25) is 0 Å². The van der Waals surface area contributed by atoms with Gasteiger partial charge in [-0.2, -0.15) is 5.10 Å². The fraction of sp³-hybridized carbons (Fsp3) is 0.222. The monoisotopic (exact) mass is 509 g/mol. The molecule has 0 aliphatic heterocycles. The summed E-state index contributed by atoms with van der Waals surface area (Å²) in [7, 11) is -2.15. The highest BCUT2D eigenvalue weighted by Crippen LogP contribution is 2.62. The normalized spacial score (nSPS) is 12.3. The minimum Gasteiger partial charge on any atom is -0.497 e. The van der Waals surface area contributed by atoms with Crippen molar-refractivity contribution in [2.45, 2.75) is 19.6 Å². The van der Waals surface area contributed by atoms with Crippen LogP contribution in [0.4, 0.5) is 10.1 Å². The van der Waals surface area contributed by atoms with Gasteiger partial charge in [0, 0.05) is 23.0 Å². The fourth-order valence-electron chi connectivity index (χ4n) is 3.85. The Bertz CT molecular complexity index is 1300. The van der Waals surface area contributed by atoms with Crippen molar-refractivity contribution in [3.63, 3.8) is 0 Å². The van der Waals surface area contributed by atoms with Crippen molar-refractivity contribution >= 4 is 13.3 Å². The Balaban J connectivity index is 1.91. The average Bonchev–Trinajstić information content (AvgIpc) is 3.34. The van der Waals surface area contributed by atoms with Crippen LogP contribution in [-0.4, -0.2) is 30.1 Å². The molecule has 4 aromatic rings. The largest absolute Gasteiger partial charge is 0.497 e. The van der Waals surface area contributed by atoms with Crippen LogP contribution < -0.4 is 10.1 Å². The molecule has 1 atom stereocenters. The van der Waals surface area contributed by atoms with Gasteiger partial charge in [0.25, 0.3) is 0 Å². The molecule has 1 N–H and O–H groups in total. The molecule has 1 unspecified atom stereocenters. The Morgan fingerprint density at radius 1 is 0.944 bits per heavy atom. The van der Waals surface area contributed by atoms with Crippen LogP contribution in [0.1, 0.15) is 25.2 Å². The lowest BCUT2D eigenvalue weighted by Crippen LogP contribution is -2.15. The van der Waals surface area contributed by atoms with Gasteiger partial charge in [0.05, 0.1) is 31.7 Å². The van der Waals surface area contributed by atoms with Crippen molar-refractivity contribution in [2.24, 2.45) is 0 Å². The predicted molar refractivity (Wildman–Crippen MR) is 139 cm³/mol. The zero-order valence-electron chi connectivity index (χ0n) is 20.4. The van der Waals surface area contributed by atoms with Crippen LogP contribution >= 0.6 is 7.60 Å². The number of hydrogen-bond acceptors (Lipinski definition) is 6. The van der Waals surface area contributed by atoms with E-state index in [-0.39, 0.29) is 19.0 Å². The van der Waals surface area contributed by atoms with E-state index in [4.69, 9.17) is 18.9 Å². The Morgan fingerprint density at radius 3 is 2.17 bits per heavy atom. The number of ether oxygens (including phenoxy) is 1. The molecule has 7 nitrogen and oxygen atoms in total. The standard InChI is InChI=1S/C27H29FN3O4P/c1-4-34-36(32,35-5-2)27(29-22-15-13-21(28)14-16-22)25-19-31(23-9-7-6-8-10-23)30-26(25)20-11-17-24(33-3)18-12-20/h6-19,27,29H,4-5H2,1-3H3. The molecule has 188 valence electrons. The lowest BCUT2D eigenvalue weighted by Gasteiger charge is -2.28. The minimum absolute atomic E-state index is 0.184. The van der Waals surface area contributed by atoms with Crippen LogP contribution in [0.5, 0.6) is 5.75 Å². The van der Waals surface area contributed by atoms with Gasteiger partial charge in [-0.25, -0.2) is 9.07 Å². The maximum atomic E-state index is 14.2. The van der Waals surface area contributed by atoms with Crippen LogP contribution in [0.2, 0.25) is 0 Å². The maximum Gasteiger partial charge on any atom is 0.357 e. The summed E-state index contributed by atoms with van der Waals surface area (Å²) in [6, 6.07) is 22.9. The number of nitrogens with zero attached hydrogens (tertiary/aromatic N) is 2. The molecule has 4 rings (SSSR count). The summed E-state index contributed by atoms with van der Waals surface area (Å²) in [6.45, 7) is 3.89. The van der Waals surface area contributed by atoms with Crippen molar-refractivity contribution in [2.75, 3.05) is 25.6 Å². The molecular weight excluding hydrogens is 480 g/mol. The second-order valence-electron chi connectivity index (χ2n) is 7.87. The number of methoxy groups -OCH3 is 1. The van der Waals surface area contributed by atoms with Gasteiger partial charge in [-0.3, -0.25) is 4.57 Å². The summed E-state index contributed by atoms with van der Waals surface area (Å²) in [4.78, 5) is 0. The molecule has 1 aromatic heterocycles. The summed E-state index contributed by atoms with van der Waals surface area (Å²) in [5.74, 6) is -0.582. The molecule has 0 aliphatic carbocycles. The van der Waals surface area contributed by atoms with Crippen molar-refractivity contribution in [3.8, 4) is 22.7 Å². The van der Waals surface area contributed by atoms with Crippen LogP contribution in [0, 0.1) is 5.82 Å². The van der Waals surface area contributed by atoms with E-state index >= 15 is 0 Å². The lowest BCUT2D eigenvalue weighted by molar-refractivity contribution is 0.214. The second-order valence-corrected chi connectivity index (χ2v) is 9.98. The molecule has 0 aliphatic rings. The molecule has 0 bridgehead atoms. The molecule has 0 saturated carbocycles. The molecule has 0 saturated heterocycles. The van der Waals surface area contributed by atoms with E-state index in [1.165, 1.54) is 12.1 Å². The SMILES string of the molecule is CCOP(=O)(OCC)C(Nc1ccc(F)cc1)c1cn(-c2ccccc2)nc1-c1ccc(OC)cc1. The van der Waals surface area contributed by atoms with Gasteiger partial charge in [0.1, 0.15) is 11.6 Å². The van der Waals surface area contributed by atoms with Crippen molar-refractivity contribution < 1.29 is 22.7 Å². The van der Waals surface area contributed by atoms with Gasteiger partial charge in [0.15, 0.2) is 5.78 Å². The van der Waals surface area contributed by atoms with Crippen LogP contribution in [0.15, 0.2) is 85.1 Å². The van der Waals surface area contributed by atoms with E-state index in [2.05, 4.69) is 5.32 Å². The third-order valence-corrected chi connectivity index (χ3v) is 7.78. The van der Waals surface area contributed by atoms with Gasteiger partial charge in [-0.1, -0.05) is 18.2 Å². The quantitative estimate of drug-likeness (QED) is 0.218. The summed E-state index contributed by atoms with van der Waals surface area (Å²) in [6.07, 6.45) is 1.82. The van der Waals surface area contributed by atoms with Gasteiger partial charge < -0.3 is 19.1 Å². The summed E-state index contributed by atoms with van der Waals surface area (Å²) < 4.78 is 46.4.